The molecule has 0 bridgehead atoms. The maximum atomic E-state index is 12.9. The van der Waals surface area contributed by atoms with Crippen molar-refractivity contribution in [2.45, 2.75) is 20.5 Å². The van der Waals surface area contributed by atoms with Crippen LogP contribution in [0, 0.1) is 6.92 Å². The summed E-state index contributed by atoms with van der Waals surface area (Å²) in [6, 6.07) is 20.2. The molecule has 5 nitrogen and oxygen atoms in total. The maximum absolute atomic E-state index is 12.9. The van der Waals surface area contributed by atoms with E-state index in [0.29, 0.717) is 40.3 Å². The van der Waals surface area contributed by atoms with Gasteiger partial charge in [-0.25, -0.2) is 4.90 Å². The van der Waals surface area contributed by atoms with Crippen molar-refractivity contribution in [3.63, 3.8) is 0 Å². The first-order valence-electron chi connectivity index (χ1n) is 10.4. The molecule has 4 rings (SSSR count). The molecular formula is C26H22ClNO4S. The van der Waals surface area contributed by atoms with Gasteiger partial charge in [-0.15, -0.1) is 0 Å². The second kappa shape index (κ2) is 10.1. The number of nitrogens with zero attached hydrogens (tertiary/aromatic N) is 1. The van der Waals surface area contributed by atoms with Crippen LogP contribution in [0.5, 0.6) is 11.5 Å². The van der Waals surface area contributed by atoms with Crippen molar-refractivity contribution in [3.05, 3.63) is 93.3 Å². The van der Waals surface area contributed by atoms with E-state index in [0.717, 1.165) is 28.5 Å². The standard InChI is InChI=1S/C26H22ClNO4S/c1-3-31-23-14-18(11-12-22(23)32-16-19-8-4-5-10-21(19)27)15-24-25(29)28(26(30)33-24)20-9-6-7-17(2)13-20/h4-15H,3,16H2,1-2H3/b24-15-. The Morgan fingerprint density at radius 1 is 0.970 bits per heavy atom. The zero-order valence-electron chi connectivity index (χ0n) is 18.2. The van der Waals surface area contributed by atoms with Crippen molar-refractivity contribution in [1.82, 2.24) is 0 Å². The monoisotopic (exact) mass is 479 g/mol. The smallest absolute Gasteiger partial charge is 0.298 e. The van der Waals surface area contributed by atoms with E-state index in [4.69, 9.17) is 21.1 Å². The lowest BCUT2D eigenvalue weighted by molar-refractivity contribution is -0.113. The highest BCUT2D eigenvalue weighted by Gasteiger charge is 2.36. The molecule has 2 amide bonds. The summed E-state index contributed by atoms with van der Waals surface area (Å²) in [6.45, 7) is 4.56. The Labute approximate surface area is 202 Å². The fourth-order valence-corrected chi connectivity index (χ4v) is 4.41. The van der Waals surface area contributed by atoms with Crippen LogP contribution in [0.4, 0.5) is 10.5 Å². The third-order valence-electron chi connectivity index (χ3n) is 4.96. The molecule has 3 aromatic carbocycles. The van der Waals surface area contributed by atoms with E-state index in [1.807, 2.05) is 62.4 Å². The van der Waals surface area contributed by atoms with Crippen molar-refractivity contribution in [1.29, 1.82) is 0 Å². The third kappa shape index (κ3) is 5.24. The zero-order chi connectivity index (χ0) is 23.4. The Morgan fingerprint density at radius 3 is 2.55 bits per heavy atom. The van der Waals surface area contributed by atoms with Gasteiger partial charge in [0.1, 0.15) is 6.61 Å². The predicted molar refractivity (Wildman–Crippen MR) is 133 cm³/mol. The molecule has 0 aliphatic carbocycles. The number of aryl methyl sites for hydroxylation is 1. The number of carbonyl (C=O) groups is 2. The number of hydrogen-bond acceptors (Lipinski definition) is 5. The van der Waals surface area contributed by atoms with Gasteiger partial charge in [0.2, 0.25) is 0 Å². The maximum Gasteiger partial charge on any atom is 0.298 e. The predicted octanol–water partition coefficient (Wildman–Crippen LogP) is 6.87. The van der Waals surface area contributed by atoms with Gasteiger partial charge in [0.15, 0.2) is 11.5 Å². The van der Waals surface area contributed by atoms with Crippen LogP contribution < -0.4 is 14.4 Å². The number of hydrogen-bond donors (Lipinski definition) is 0. The lowest BCUT2D eigenvalue weighted by atomic mass is 10.1. The minimum atomic E-state index is -0.340. The van der Waals surface area contributed by atoms with Gasteiger partial charge in [0, 0.05) is 10.6 Å². The van der Waals surface area contributed by atoms with Crippen LogP contribution in [0.25, 0.3) is 6.08 Å². The molecule has 1 saturated heterocycles. The van der Waals surface area contributed by atoms with E-state index in [2.05, 4.69) is 0 Å². The first-order chi connectivity index (χ1) is 16.0. The van der Waals surface area contributed by atoms with E-state index >= 15 is 0 Å². The van der Waals surface area contributed by atoms with Crippen molar-refractivity contribution >= 4 is 46.3 Å². The highest BCUT2D eigenvalue weighted by Crippen LogP contribution is 2.37. The Balaban J connectivity index is 1.56. The molecule has 0 aromatic heterocycles. The van der Waals surface area contributed by atoms with E-state index < -0.39 is 0 Å². The number of thioether (sulfide) groups is 1. The summed E-state index contributed by atoms with van der Waals surface area (Å²) < 4.78 is 11.7. The second-order valence-electron chi connectivity index (χ2n) is 7.38. The molecule has 0 radical (unpaired) electrons. The normalized spacial score (nSPS) is 14.8. The third-order valence-corrected chi connectivity index (χ3v) is 6.20. The molecule has 7 heteroatoms. The number of rotatable bonds is 7. The summed E-state index contributed by atoms with van der Waals surface area (Å²) in [5.41, 5.74) is 3.15. The Morgan fingerprint density at radius 2 is 1.79 bits per heavy atom. The quantitative estimate of drug-likeness (QED) is 0.346. The summed E-state index contributed by atoms with van der Waals surface area (Å²) in [5, 5.41) is 0.318. The number of amides is 2. The molecule has 1 heterocycles. The summed E-state index contributed by atoms with van der Waals surface area (Å²) >= 11 is 7.14. The minimum absolute atomic E-state index is 0.300. The highest BCUT2D eigenvalue weighted by atomic mass is 35.5. The van der Waals surface area contributed by atoms with Gasteiger partial charge in [0.25, 0.3) is 11.1 Å². The summed E-state index contributed by atoms with van der Waals surface area (Å²) in [6.07, 6.45) is 1.70. The molecule has 3 aromatic rings. The van der Waals surface area contributed by atoms with Gasteiger partial charge in [-0.3, -0.25) is 9.59 Å². The van der Waals surface area contributed by atoms with Crippen LogP contribution >= 0.6 is 23.4 Å². The van der Waals surface area contributed by atoms with E-state index in [-0.39, 0.29) is 11.1 Å². The van der Waals surface area contributed by atoms with Crippen LogP contribution in [0.15, 0.2) is 71.6 Å². The van der Waals surface area contributed by atoms with Crippen LogP contribution in [0.2, 0.25) is 5.02 Å². The van der Waals surface area contributed by atoms with Gasteiger partial charge in [0.05, 0.1) is 17.2 Å². The summed E-state index contributed by atoms with van der Waals surface area (Å²) in [4.78, 5) is 27.0. The van der Waals surface area contributed by atoms with Gasteiger partial charge >= 0.3 is 0 Å². The molecule has 1 aliphatic heterocycles. The van der Waals surface area contributed by atoms with Crippen molar-refractivity contribution < 1.29 is 19.1 Å². The van der Waals surface area contributed by atoms with Crippen LogP contribution in [-0.2, 0) is 11.4 Å². The van der Waals surface area contributed by atoms with E-state index in [9.17, 15) is 9.59 Å². The molecule has 0 atom stereocenters. The summed E-state index contributed by atoms with van der Waals surface area (Å²) in [7, 11) is 0. The fraction of sp³-hybridized carbons (Fsp3) is 0.154. The molecular weight excluding hydrogens is 458 g/mol. The first kappa shape index (κ1) is 23.0. The van der Waals surface area contributed by atoms with Gasteiger partial charge in [-0.2, -0.15) is 0 Å². The molecule has 1 fully saturated rings. The van der Waals surface area contributed by atoms with Crippen molar-refractivity contribution in [2.24, 2.45) is 0 Å². The lowest BCUT2D eigenvalue weighted by Crippen LogP contribution is -2.27. The molecule has 168 valence electrons. The van der Waals surface area contributed by atoms with Gasteiger partial charge in [-0.05, 0) is 73.1 Å². The molecule has 0 N–H and O–H groups in total. The number of ether oxygens (including phenoxy) is 2. The van der Waals surface area contributed by atoms with E-state index in [1.165, 1.54) is 4.90 Å². The first-order valence-corrected chi connectivity index (χ1v) is 11.6. The zero-order valence-corrected chi connectivity index (χ0v) is 19.8. The lowest BCUT2D eigenvalue weighted by Gasteiger charge is -2.14. The second-order valence-corrected chi connectivity index (χ2v) is 8.78. The highest BCUT2D eigenvalue weighted by molar-refractivity contribution is 8.19. The Hall–Kier alpha value is -3.22. The van der Waals surface area contributed by atoms with Crippen LogP contribution in [-0.4, -0.2) is 17.8 Å². The van der Waals surface area contributed by atoms with Crippen LogP contribution in [0.3, 0.4) is 0 Å². The average Bonchev–Trinajstić information content (AvgIpc) is 3.07. The molecule has 0 saturated carbocycles. The fourth-order valence-electron chi connectivity index (χ4n) is 3.38. The Bertz CT molecular complexity index is 1240. The average molecular weight is 480 g/mol. The van der Waals surface area contributed by atoms with Crippen molar-refractivity contribution in [3.8, 4) is 11.5 Å². The molecule has 33 heavy (non-hydrogen) atoms. The number of anilines is 1. The van der Waals surface area contributed by atoms with Gasteiger partial charge < -0.3 is 9.47 Å². The van der Waals surface area contributed by atoms with Crippen molar-refractivity contribution in [2.75, 3.05) is 11.5 Å². The van der Waals surface area contributed by atoms with Gasteiger partial charge in [-0.1, -0.05) is 48.0 Å². The number of imide groups is 1. The number of carbonyl (C=O) groups excluding carboxylic acids is 2. The minimum Gasteiger partial charge on any atom is -0.490 e. The van der Waals surface area contributed by atoms with Crippen LogP contribution in [0.1, 0.15) is 23.6 Å². The molecule has 1 aliphatic rings. The number of halogens is 1. The largest absolute Gasteiger partial charge is 0.490 e. The topological polar surface area (TPSA) is 55.8 Å². The van der Waals surface area contributed by atoms with E-state index in [1.54, 1.807) is 24.3 Å². The summed E-state index contributed by atoms with van der Waals surface area (Å²) in [5.74, 6) is 0.783. The molecule has 0 spiro atoms. The Kier molecular flexibility index (Phi) is 7.06. The molecule has 0 unspecified atom stereocenters. The number of benzene rings is 3. The SMILES string of the molecule is CCOc1cc(/C=C2\SC(=O)N(c3cccc(C)c3)C2=O)ccc1OCc1ccccc1Cl.